The maximum Gasteiger partial charge on any atom is 0.257 e. The first-order valence-corrected chi connectivity index (χ1v) is 9.36. The van der Waals surface area contributed by atoms with Crippen LogP contribution in [0.5, 0.6) is 11.6 Å². The van der Waals surface area contributed by atoms with Gasteiger partial charge in [-0.1, -0.05) is 6.07 Å². The molecule has 3 aliphatic heterocycles. The van der Waals surface area contributed by atoms with E-state index in [1.54, 1.807) is 24.4 Å². The second kappa shape index (κ2) is 7.11. The summed E-state index contributed by atoms with van der Waals surface area (Å²) in [7, 11) is 0. The second-order valence-corrected chi connectivity index (χ2v) is 6.94. The van der Waals surface area contributed by atoms with Crippen LogP contribution in [0.2, 0.25) is 0 Å². The van der Waals surface area contributed by atoms with Crippen LogP contribution in [0, 0.1) is 11.3 Å². The molecule has 1 N–H and O–H groups in total. The van der Waals surface area contributed by atoms with Crippen molar-refractivity contribution in [3.05, 3.63) is 59.3 Å². The summed E-state index contributed by atoms with van der Waals surface area (Å²) >= 11 is 0. The number of aliphatic hydroxyl groups is 1. The minimum atomic E-state index is -1.01. The molecule has 4 heterocycles. The first kappa shape index (κ1) is 17.5. The van der Waals surface area contributed by atoms with Crippen molar-refractivity contribution in [3.8, 4) is 17.7 Å². The van der Waals surface area contributed by atoms with Gasteiger partial charge in [-0.05, 0) is 36.2 Å². The van der Waals surface area contributed by atoms with Crippen molar-refractivity contribution in [1.29, 1.82) is 5.26 Å². The molecule has 29 heavy (non-hydrogen) atoms. The molecule has 3 aliphatic rings. The van der Waals surface area contributed by atoms with Gasteiger partial charge in [0.1, 0.15) is 13.2 Å². The van der Waals surface area contributed by atoms with Crippen LogP contribution in [0.3, 0.4) is 0 Å². The molecule has 146 valence electrons. The summed E-state index contributed by atoms with van der Waals surface area (Å²) < 4.78 is 17.3. The van der Waals surface area contributed by atoms with Gasteiger partial charge in [0.25, 0.3) is 5.88 Å². The Morgan fingerprint density at radius 2 is 2.28 bits per heavy atom. The van der Waals surface area contributed by atoms with E-state index in [2.05, 4.69) is 16.0 Å². The fourth-order valence-corrected chi connectivity index (χ4v) is 3.67. The van der Waals surface area contributed by atoms with Crippen LogP contribution in [-0.4, -0.2) is 53.1 Å². The molecular formula is C21H18N4O4. The van der Waals surface area contributed by atoms with Crippen molar-refractivity contribution in [2.45, 2.75) is 18.9 Å². The minimum absolute atomic E-state index is 0.226. The van der Waals surface area contributed by atoms with Crippen molar-refractivity contribution in [2.75, 3.05) is 19.8 Å². The number of aliphatic imine (C=N–C) groups is 1. The quantitative estimate of drug-likeness (QED) is 0.833. The summed E-state index contributed by atoms with van der Waals surface area (Å²) in [6.07, 6.45) is 2.89. The molecule has 1 aromatic heterocycles. The largest absolute Gasteiger partial charge is 0.478 e. The number of fused-ring (bicyclic) bond motifs is 4. The normalized spacial score (nSPS) is 21.9. The van der Waals surface area contributed by atoms with E-state index in [1.165, 1.54) is 0 Å². The number of aromatic nitrogens is 1. The number of benzene rings is 1. The Labute approximate surface area is 167 Å². The van der Waals surface area contributed by atoms with Crippen LogP contribution in [0.15, 0.2) is 47.6 Å². The molecule has 5 rings (SSSR count). The maximum atomic E-state index is 10.5. The average molecular weight is 390 g/mol. The molecule has 2 atom stereocenters. The van der Waals surface area contributed by atoms with Crippen molar-refractivity contribution < 1.29 is 19.3 Å². The number of ether oxygens (including phenoxy) is 3. The molecule has 8 nitrogen and oxygen atoms in total. The summed E-state index contributed by atoms with van der Waals surface area (Å²) in [5.41, 5.74) is 3.52. The average Bonchev–Trinajstić information content (AvgIpc) is 2.77. The third-order valence-corrected chi connectivity index (χ3v) is 5.08. The third-order valence-electron chi connectivity index (χ3n) is 5.08. The zero-order valence-corrected chi connectivity index (χ0v) is 15.5. The SMILES string of the molecule is N#Cc1ccc2c(c1)CCN1C2=CC(OCC2COc3ncccc3O2)=NC1O. The van der Waals surface area contributed by atoms with Gasteiger partial charge in [-0.25, -0.2) is 4.98 Å². The highest BCUT2D eigenvalue weighted by Gasteiger charge is 2.30. The number of hydrogen-bond acceptors (Lipinski definition) is 8. The van der Waals surface area contributed by atoms with Gasteiger partial charge < -0.3 is 24.2 Å². The molecule has 0 amide bonds. The number of rotatable bonds is 2. The van der Waals surface area contributed by atoms with Crippen LogP contribution in [-0.2, 0) is 11.2 Å². The minimum Gasteiger partial charge on any atom is -0.478 e. The van der Waals surface area contributed by atoms with E-state index in [9.17, 15) is 5.11 Å². The lowest BCUT2D eigenvalue weighted by atomic mass is 9.94. The first-order chi connectivity index (χ1) is 14.2. The van der Waals surface area contributed by atoms with Crippen LogP contribution < -0.4 is 9.47 Å². The Hall–Kier alpha value is -3.57. The Balaban J connectivity index is 1.33. The first-order valence-electron chi connectivity index (χ1n) is 9.36. The number of hydrogen-bond donors (Lipinski definition) is 1. The molecule has 0 fully saturated rings. The lowest BCUT2D eigenvalue weighted by Crippen LogP contribution is -2.41. The van der Waals surface area contributed by atoms with Crippen molar-refractivity contribution in [1.82, 2.24) is 9.88 Å². The van der Waals surface area contributed by atoms with Crippen molar-refractivity contribution in [2.24, 2.45) is 4.99 Å². The van der Waals surface area contributed by atoms with E-state index in [1.807, 2.05) is 23.1 Å². The highest BCUT2D eigenvalue weighted by atomic mass is 16.6. The summed E-state index contributed by atoms with van der Waals surface area (Å²) in [4.78, 5) is 10.2. The standard InChI is InChI=1S/C21H18N4O4/c22-10-13-3-4-16-14(8-13)5-7-25-17(16)9-19(24-21(25)26)27-11-15-12-28-20-18(29-15)2-1-6-23-20/h1-4,6,8-9,15,21,26H,5,7,11-12H2. The Bertz CT molecular complexity index is 1060. The van der Waals surface area contributed by atoms with E-state index in [-0.39, 0.29) is 12.7 Å². The molecule has 2 aromatic rings. The van der Waals surface area contributed by atoms with Gasteiger partial charge in [0, 0.05) is 24.4 Å². The van der Waals surface area contributed by atoms with Crippen LogP contribution in [0.4, 0.5) is 0 Å². The number of nitrogens with zero attached hydrogens (tertiary/aromatic N) is 4. The Morgan fingerprint density at radius 3 is 3.17 bits per heavy atom. The predicted molar refractivity (Wildman–Crippen MR) is 103 cm³/mol. The maximum absolute atomic E-state index is 10.5. The van der Waals surface area contributed by atoms with Crippen molar-refractivity contribution in [3.63, 3.8) is 0 Å². The number of nitriles is 1. The molecule has 0 bridgehead atoms. The molecule has 0 radical (unpaired) electrons. The molecule has 2 unspecified atom stereocenters. The molecule has 0 saturated heterocycles. The van der Waals surface area contributed by atoms with E-state index in [0.717, 1.165) is 23.2 Å². The highest BCUT2D eigenvalue weighted by molar-refractivity contribution is 5.97. The van der Waals surface area contributed by atoms with Crippen molar-refractivity contribution >= 4 is 11.6 Å². The summed E-state index contributed by atoms with van der Waals surface area (Å²) in [6.45, 7) is 1.17. The fraction of sp³-hybridized carbons (Fsp3) is 0.286. The summed E-state index contributed by atoms with van der Waals surface area (Å²) in [5, 5.41) is 19.6. The Kier molecular flexibility index (Phi) is 4.30. The second-order valence-electron chi connectivity index (χ2n) is 6.94. The smallest absolute Gasteiger partial charge is 0.257 e. The molecular weight excluding hydrogens is 372 g/mol. The molecule has 0 spiro atoms. The van der Waals surface area contributed by atoms with Crippen LogP contribution in [0.1, 0.15) is 16.7 Å². The molecule has 0 saturated carbocycles. The predicted octanol–water partition coefficient (Wildman–Crippen LogP) is 1.70. The fourth-order valence-electron chi connectivity index (χ4n) is 3.67. The zero-order chi connectivity index (χ0) is 19.8. The molecule has 0 aliphatic carbocycles. The van der Waals surface area contributed by atoms with Crippen LogP contribution >= 0.6 is 0 Å². The van der Waals surface area contributed by atoms with E-state index in [0.29, 0.717) is 36.2 Å². The zero-order valence-electron chi connectivity index (χ0n) is 15.5. The van der Waals surface area contributed by atoms with Gasteiger partial charge >= 0.3 is 0 Å². The number of pyridine rings is 1. The van der Waals surface area contributed by atoms with Gasteiger partial charge in [-0.2, -0.15) is 10.3 Å². The van der Waals surface area contributed by atoms with Gasteiger partial charge in [0.2, 0.25) is 12.2 Å². The molecule has 8 heteroatoms. The summed E-state index contributed by atoms with van der Waals surface area (Å²) in [6, 6.07) is 11.3. The van der Waals surface area contributed by atoms with Gasteiger partial charge in [-0.15, -0.1) is 0 Å². The summed E-state index contributed by atoms with van der Waals surface area (Å²) in [5.74, 6) is 1.39. The molecule has 1 aromatic carbocycles. The highest BCUT2D eigenvalue weighted by Crippen LogP contribution is 2.33. The lowest BCUT2D eigenvalue weighted by Gasteiger charge is -2.37. The topological polar surface area (TPSA) is 100 Å². The lowest BCUT2D eigenvalue weighted by molar-refractivity contribution is 0.0348. The van der Waals surface area contributed by atoms with E-state index >= 15 is 0 Å². The third kappa shape index (κ3) is 3.26. The van der Waals surface area contributed by atoms with Gasteiger partial charge in [-0.3, -0.25) is 0 Å². The van der Waals surface area contributed by atoms with Gasteiger partial charge in [0.05, 0.1) is 17.3 Å². The monoisotopic (exact) mass is 390 g/mol. The van der Waals surface area contributed by atoms with E-state index < -0.39 is 6.35 Å². The van der Waals surface area contributed by atoms with Gasteiger partial charge in [0.15, 0.2) is 11.9 Å². The van der Waals surface area contributed by atoms with E-state index in [4.69, 9.17) is 19.5 Å². The Morgan fingerprint density at radius 1 is 1.34 bits per heavy atom. The van der Waals surface area contributed by atoms with Crippen LogP contribution in [0.25, 0.3) is 5.70 Å². The number of aliphatic hydroxyl groups excluding tert-OH is 1.